The molecule has 3 atom stereocenters. The highest BCUT2D eigenvalue weighted by Crippen LogP contribution is 2.63. The van der Waals surface area contributed by atoms with Crippen LogP contribution in [0.1, 0.15) is 36.9 Å². The largest absolute Gasteiger partial charge is 0.282 e. The summed E-state index contributed by atoms with van der Waals surface area (Å²) in [5, 5.41) is 0. The number of aryl methyl sites for hydroxylation is 1. The van der Waals surface area contributed by atoms with E-state index in [1.807, 2.05) is 18.2 Å². The van der Waals surface area contributed by atoms with Crippen LogP contribution in [0.2, 0.25) is 0 Å². The zero-order valence-electron chi connectivity index (χ0n) is 15.3. The van der Waals surface area contributed by atoms with E-state index in [-0.39, 0.29) is 18.2 Å². The molecule has 0 bridgehead atoms. The lowest BCUT2D eigenvalue weighted by molar-refractivity contribution is -0.125. The zero-order valence-corrected chi connectivity index (χ0v) is 15.3. The molecule has 1 amide bonds. The summed E-state index contributed by atoms with van der Waals surface area (Å²) >= 11 is 0. The predicted octanol–water partition coefficient (Wildman–Crippen LogP) is 3.15. The first-order valence-corrected chi connectivity index (χ1v) is 9.79. The van der Waals surface area contributed by atoms with Gasteiger partial charge in [-0.25, -0.2) is 18.7 Å². The number of pyridine rings is 1. The summed E-state index contributed by atoms with van der Waals surface area (Å²) in [6.07, 6.45) is 5.56. The maximum Gasteiger partial charge on any atom is 0.254 e. The highest BCUT2D eigenvalue weighted by atomic mass is 19.3. The van der Waals surface area contributed by atoms with Gasteiger partial charge in [-0.05, 0) is 50.7 Å². The fourth-order valence-electron chi connectivity index (χ4n) is 4.59. The van der Waals surface area contributed by atoms with Crippen molar-refractivity contribution in [2.45, 2.75) is 44.4 Å². The first-order chi connectivity index (χ1) is 13.5. The van der Waals surface area contributed by atoms with Crippen LogP contribution in [0, 0.1) is 17.8 Å². The number of rotatable bonds is 4. The second kappa shape index (κ2) is 6.46. The Bertz CT molecular complexity index is 920. The second-order valence-electron chi connectivity index (χ2n) is 7.90. The Balaban J connectivity index is 1.31. The van der Waals surface area contributed by atoms with Gasteiger partial charge in [0.05, 0.1) is 0 Å². The minimum atomic E-state index is -2.58. The molecule has 2 heterocycles. The standard InChI is InChI=1S/C20H21F2N5O/c21-20(22)13-8-7-11(10-14(13)20)19(28)27-26-17-12-4-3-6-15(12)24-18(25-17)16-5-1-2-9-23-16/h1-2,5,9,11,13-14H,3-4,6-8,10H2,(H,27,28)(H,24,25,26). The molecule has 2 fully saturated rings. The average Bonchev–Trinajstić information content (AvgIpc) is 3.06. The molecular formula is C20H21F2N5O. The van der Waals surface area contributed by atoms with E-state index >= 15 is 0 Å². The Morgan fingerprint density at radius 3 is 2.82 bits per heavy atom. The van der Waals surface area contributed by atoms with Gasteiger partial charge in [-0.3, -0.25) is 20.6 Å². The monoisotopic (exact) mass is 385 g/mol. The van der Waals surface area contributed by atoms with Crippen LogP contribution in [0.3, 0.4) is 0 Å². The van der Waals surface area contributed by atoms with Crippen LogP contribution in [-0.2, 0) is 17.6 Å². The number of aromatic nitrogens is 3. The van der Waals surface area contributed by atoms with Crippen LogP contribution in [0.15, 0.2) is 24.4 Å². The van der Waals surface area contributed by atoms with Crippen LogP contribution in [0.25, 0.3) is 11.5 Å². The van der Waals surface area contributed by atoms with Gasteiger partial charge in [0.2, 0.25) is 5.91 Å². The Labute approximate surface area is 161 Å². The van der Waals surface area contributed by atoms with Crippen molar-refractivity contribution < 1.29 is 13.6 Å². The maximum absolute atomic E-state index is 13.6. The number of nitrogens with zero attached hydrogens (tertiary/aromatic N) is 3. The summed E-state index contributed by atoms with van der Waals surface area (Å²) in [6.45, 7) is 0. The molecule has 0 aliphatic heterocycles. The molecule has 8 heteroatoms. The third kappa shape index (κ3) is 2.91. The first-order valence-electron chi connectivity index (χ1n) is 9.79. The molecule has 146 valence electrons. The Kier molecular flexibility index (Phi) is 4.03. The van der Waals surface area contributed by atoms with E-state index in [0.29, 0.717) is 30.2 Å². The van der Waals surface area contributed by atoms with Gasteiger partial charge >= 0.3 is 0 Å². The van der Waals surface area contributed by atoms with Crippen molar-refractivity contribution in [1.82, 2.24) is 20.4 Å². The second-order valence-corrected chi connectivity index (χ2v) is 7.90. The van der Waals surface area contributed by atoms with Crippen molar-refractivity contribution in [3.8, 4) is 11.5 Å². The number of hydrazine groups is 1. The number of nitrogens with one attached hydrogen (secondary N) is 2. The van der Waals surface area contributed by atoms with E-state index in [2.05, 4.69) is 25.8 Å². The number of hydrogen-bond acceptors (Lipinski definition) is 5. The molecule has 5 rings (SSSR count). The van der Waals surface area contributed by atoms with Gasteiger partial charge in [0, 0.05) is 35.2 Å². The number of fused-ring (bicyclic) bond motifs is 2. The summed E-state index contributed by atoms with van der Waals surface area (Å²) in [6, 6.07) is 5.54. The van der Waals surface area contributed by atoms with Crippen molar-refractivity contribution in [2.75, 3.05) is 5.43 Å². The van der Waals surface area contributed by atoms with Crippen molar-refractivity contribution in [2.24, 2.45) is 17.8 Å². The number of carbonyl (C=O) groups is 1. The molecule has 2 N–H and O–H groups in total. The summed E-state index contributed by atoms with van der Waals surface area (Å²) in [5.41, 5.74) is 8.26. The van der Waals surface area contributed by atoms with Crippen LogP contribution >= 0.6 is 0 Å². The van der Waals surface area contributed by atoms with E-state index in [1.165, 1.54) is 0 Å². The average molecular weight is 385 g/mol. The number of halogens is 2. The van der Waals surface area contributed by atoms with E-state index in [4.69, 9.17) is 0 Å². The van der Waals surface area contributed by atoms with Crippen LogP contribution in [-0.4, -0.2) is 26.8 Å². The molecule has 6 nitrogen and oxygen atoms in total. The summed E-state index contributed by atoms with van der Waals surface area (Å²) in [7, 11) is 0. The lowest BCUT2D eigenvalue weighted by atomic mass is 9.89. The third-order valence-electron chi connectivity index (χ3n) is 6.23. The molecule has 28 heavy (non-hydrogen) atoms. The predicted molar refractivity (Wildman–Crippen MR) is 98.3 cm³/mol. The lowest BCUT2D eigenvalue weighted by Gasteiger charge is -2.20. The van der Waals surface area contributed by atoms with Gasteiger partial charge < -0.3 is 0 Å². The number of amides is 1. The number of carbonyl (C=O) groups excluding carboxylic acids is 1. The van der Waals surface area contributed by atoms with Gasteiger partial charge in [-0.1, -0.05) is 6.07 Å². The molecule has 3 aliphatic rings. The molecular weight excluding hydrogens is 364 g/mol. The fraction of sp³-hybridized carbons (Fsp3) is 0.500. The molecule has 0 radical (unpaired) electrons. The fourth-order valence-corrected chi connectivity index (χ4v) is 4.59. The molecule has 2 aromatic heterocycles. The third-order valence-corrected chi connectivity index (χ3v) is 6.23. The topological polar surface area (TPSA) is 79.8 Å². The zero-order chi connectivity index (χ0) is 19.3. The summed E-state index contributed by atoms with van der Waals surface area (Å²) in [4.78, 5) is 26.0. The van der Waals surface area contributed by atoms with Crippen LogP contribution in [0.5, 0.6) is 0 Å². The van der Waals surface area contributed by atoms with E-state index < -0.39 is 17.8 Å². The Hall–Kier alpha value is -2.64. The Morgan fingerprint density at radius 1 is 1.14 bits per heavy atom. The van der Waals surface area contributed by atoms with E-state index in [1.54, 1.807) is 6.20 Å². The molecule has 0 aromatic carbocycles. The van der Waals surface area contributed by atoms with Crippen LogP contribution in [0.4, 0.5) is 14.6 Å². The van der Waals surface area contributed by atoms with E-state index in [9.17, 15) is 13.6 Å². The minimum Gasteiger partial charge on any atom is -0.282 e. The smallest absolute Gasteiger partial charge is 0.254 e. The van der Waals surface area contributed by atoms with Gasteiger partial charge in [0.15, 0.2) is 11.6 Å². The summed E-state index contributed by atoms with van der Waals surface area (Å²) < 4.78 is 27.1. The minimum absolute atomic E-state index is 0.245. The van der Waals surface area contributed by atoms with Crippen molar-refractivity contribution in [3.63, 3.8) is 0 Å². The molecule has 3 unspecified atom stereocenters. The van der Waals surface area contributed by atoms with E-state index in [0.717, 1.165) is 30.5 Å². The van der Waals surface area contributed by atoms with Gasteiger partial charge in [-0.15, -0.1) is 0 Å². The lowest BCUT2D eigenvalue weighted by Crippen LogP contribution is -2.37. The van der Waals surface area contributed by atoms with Crippen molar-refractivity contribution in [3.05, 3.63) is 35.7 Å². The number of anilines is 1. The highest BCUT2D eigenvalue weighted by molar-refractivity contribution is 5.80. The first kappa shape index (κ1) is 17.5. The van der Waals surface area contributed by atoms with Crippen LogP contribution < -0.4 is 10.9 Å². The number of alkyl halides is 2. The molecule has 0 saturated heterocycles. The quantitative estimate of drug-likeness (QED) is 0.791. The van der Waals surface area contributed by atoms with Gasteiger partial charge in [0.1, 0.15) is 5.69 Å². The number of hydrogen-bond donors (Lipinski definition) is 2. The highest BCUT2D eigenvalue weighted by Gasteiger charge is 2.69. The van der Waals surface area contributed by atoms with Crippen molar-refractivity contribution in [1.29, 1.82) is 0 Å². The van der Waals surface area contributed by atoms with Crippen molar-refractivity contribution >= 4 is 11.7 Å². The molecule has 0 spiro atoms. The SMILES string of the molecule is O=C(NNc1nc(-c2ccccn2)nc2c1CCC2)C1CCC2C(C1)C2(F)F. The Morgan fingerprint density at radius 2 is 2.04 bits per heavy atom. The van der Waals surface area contributed by atoms with Gasteiger partial charge in [0.25, 0.3) is 5.92 Å². The molecule has 3 aliphatic carbocycles. The molecule has 2 aromatic rings. The summed E-state index contributed by atoms with van der Waals surface area (Å²) in [5.74, 6) is -3.27. The van der Waals surface area contributed by atoms with Gasteiger partial charge in [-0.2, -0.15) is 0 Å². The maximum atomic E-state index is 13.6. The molecule has 2 saturated carbocycles. The normalized spacial score (nSPS) is 26.9.